The van der Waals surface area contributed by atoms with E-state index in [0.717, 1.165) is 6.42 Å². The van der Waals surface area contributed by atoms with Gasteiger partial charge >= 0.3 is 0 Å². The molecule has 1 atom stereocenters. The zero-order chi connectivity index (χ0) is 10.3. The van der Waals surface area contributed by atoms with Crippen molar-refractivity contribution in [3.63, 3.8) is 0 Å². The number of aliphatic hydroxyl groups excluding tert-OH is 1. The van der Waals surface area contributed by atoms with Gasteiger partial charge in [-0.05, 0) is 12.3 Å². The fourth-order valence-electron chi connectivity index (χ4n) is 1.02. The molecule has 0 spiro atoms. The van der Waals surface area contributed by atoms with Gasteiger partial charge in [-0.2, -0.15) is 0 Å². The summed E-state index contributed by atoms with van der Waals surface area (Å²) < 4.78 is 0. The van der Waals surface area contributed by atoms with Crippen LogP contribution in [0.4, 0.5) is 0 Å². The molecule has 0 aromatic rings. The minimum absolute atomic E-state index is 0.306. The van der Waals surface area contributed by atoms with Crippen LogP contribution in [0, 0.1) is 5.92 Å². The van der Waals surface area contributed by atoms with Crippen LogP contribution in [-0.2, 0) is 0 Å². The van der Waals surface area contributed by atoms with Crippen LogP contribution in [0.1, 0.15) is 20.3 Å². The maximum atomic E-state index is 9.45. The summed E-state index contributed by atoms with van der Waals surface area (Å²) in [5.74, 6) is 0.510. The lowest BCUT2D eigenvalue weighted by molar-refractivity contribution is 0.147. The van der Waals surface area contributed by atoms with Gasteiger partial charge in [0.1, 0.15) is 0 Å². The van der Waals surface area contributed by atoms with E-state index in [-0.39, 0.29) is 6.10 Å². The minimum atomic E-state index is -0.306. The predicted octanol–water partition coefficient (Wildman–Crippen LogP) is 2.30. The maximum Gasteiger partial charge on any atom is 0.0667 e. The Hall–Kier alpha value is 0.240. The number of hydrogen-bond donors (Lipinski definition) is 2. The van der Waals surface area contributed by atoms with Crippen molar-refractivity contribution in [1.29, 1.82) is 0 Å². The first-order valence-electron chi connectivity index (χ1n) is 4.39. The van der Waals surface area contributed by atoms with Crippen LogP contribution < -0.4 is 5.32 Å². The van der Waals surface area contributed by atoms with E-state index in [2.05, 4.69) is 19.2 Å². The number of halogens is 2. The van der Waals surface area contributed by atoms with E-state index >= 15 is 0 Å². The molecule has 0 saturated heterocycles. The van der Waals surface area contributed by atoms with Crippen molar-refractivity contribution in [3.8, 4) is 0 Å². The molecular weight excluding hydrogens is 209 g/mol. The summed E-state index contributed by atoms with van der Waals surface area (Å²) in [6.07, 6.45) is 0.495. The lowest BCUT2D eigenvalue weighted by Gasteiger charge is -2.13. The largest absolute Gasteiger partial charge is 0.392 e. The first-order valence-corrected chi connectivity index (χ1v) is 5.21. The molecule has 0 rings (SSSR count). The quantitative estimate of drug-likeness (QED) is 0.728. The average molecular weight is 226 g/mol. The number of rotatable bonds is 6. The van der Waals surface area contributed by atoms with Crippen molar-refractivity contribution in [1.82, 2.24) is 5.32 Å². The lowest BCUT2D eigenvalue weighted by atomic mass is 10.1. The molecule has 2 nitrogen and oxygen atoms in total. The molecule has 0 amide bonds. The maximum absolute atomic E-state index is 9.45. The second kappa shape index (κ2) is 7.63. The number of hydrogen-bond acceptors (Lipinski definition) is 2. The Kier molecular flexibility index (Phi) is 7.77. The second-order valence-corrected chi connectivity index (χ2v) is 4.17. The van der Waals surface area contributed by atoms with Gasteiger partial charge in [0, 0.05) is 23.7 Å². The van der Waals surface area contributed by atoms with Gasteiger partial charge in [-0.3, -0.25) is 0 Å². The fourth-order valence-corrected chi connectivity index (χ4v) is 1.20. The molecule has 0 saturated carbocycles. The van der Waals surface area contributed by atoms with Crippen molar-refractivity contribution in [2.75, 3.05) is 13.1 Å². The summed E-state index contributed by atoms with van der Waals surface area (Å²) in [7, 11) is 0. The van der Waals surface area contributed by atoms with Crippen molar-refractivity contribution >= 4 is 23.2 Å². The van der Waals surface area contributed by atoms with E-state index < -0.39 is 0 Å². The molecule has 0 aromatic carbocycles. The summed E-state index contributed by atoms with van der Waals surface area (Å²) in [6.45, 7) is 5.23. The van der Waals surface area contributed by atoms with Crippen LogP contribution in [-0.4, -0.2) is 24.3 Å². The van der Waals surface area contributed by atoms with Gasteiger partial charge < -0.3 is 10.4 Å². The molecule has 0 radical (unpaired) electrons. The summed E-state index contributed by atoms with van der Waals surface area (Å²) in [4.78, 5) is 0. The van der Waals surface area contributed by atoms with E-state index in [1.54, 1.807) is 0 Å². The van der Waals surface area contributed by atoms with E-state index in [0.29, 0.717) is 24.0 Å². The van der Waals surface area contributed by atoms with E-state index in [9.17, 15) is 5.11 Å². The Labute approximate surface area is 89.9 Å². The lowest BCUT2D eigenvalue weighted by Crippen LogP contribution is -2.28. The molecule has 13 heavy (non-hydrogen) atoms. The molecule has 0 aliphatic heterocycles. The van der Waals surface area contributed by atoms with Gasteiger partial charge in [-0.1, -0.05) is 37.0 Å². The Bertz CT molecular complexity index is 160. The standard InChI is InChI=1S/C9H17Cl2NO/c1-7(2)3-9(13)6-12-5-8(11)4-10/h4,7,9,12-13H,3,5-6H2,1-2H3. The summed E-state index contributed by atoms with van der Waals surface area (Å²) in [5, 5.41) is 13.0. The molecule has 4 heteroatoms. The van der Waals surface area contributed by atoms with Crippen LogP contribution in [0.5, 0.6) is 0 Å². The minimum Gasteiger partial charge on any atom is -0.392 e. The SMILES string of the molecule is CC(C)CC(O)CNCC(Cl)=CCl. The van der Waals surface area contributed by atoms with E-state index in [1.807, 2.05) is 0 Å². The molecule has 0 bridgehead atoms. The molecule has 0 fully saturated rings. The highest BCUT2D eigenvalue weighted by Crippen LogP contribution is 2.04. The molecular formula is C9H17Cl2NO. The molecule has 0 aliphatic carbocycles. The monoisotopic (exact) mass is 225 g/mol. The Balaban J connectivity index is 3.42. The van der Waals surface area contributed by atoms with Gasteiger partial charge in [-0.25, -0.2) is 0 Å². The zero-order valence-corrected chi connectivity index (χ0v) is 9.57. The smallest absolute Gasteiger partial charge is 0.0667 e. The first kappa shape index (κ1) is 13.2. The Morgan fingerprint density at radius 1 is 1.54 bits per heavy atom. The van der Waals surface area contributed by atoms with E-state index in [4.69, 9.17) is 23.2 Å². The third-order valence-corrected chi connectivity index (χ3v) is 2.15. The van der Waals surface area contributed by atoms with Crippen LogP contribution in [0.3, 0.4) is 0 Å². The van der Waals surface area contributed by atoms with Crippen molar-refractivity contribution in [2.45, 2.75) is 26.4 Å². The van der Waals surface area contributed by atoms with Crippen molar-refractivity contribution in [3.05, 3.63) is 10.6 Å². The normalized spacial score (nSPS) is 15.1. The fraction of sp³-hybridized carbons (Fsp3) is 0.778. The molecule has 0 aromatic heterocycles. The van der Waals surface area contributed by atoms with Crippen molar-refractivity contribution < 1.29 is 5.11 Å². The van der Waals surface area contributed by atoms with Crippen LogP contribution in [0.15, 0.2) is 10.6 Å². The first-order chi connectivity index (χ1) is 6.06. The zero-order valence-electron chi connectivity index (χ0n) is 8.06. The highest BCUT2D eigenvalue weighted by Gasteiger charge is 2.05. The Morgan fingerprint density at radius 3 is 2.62 bits per heavy atom. The highest BCUT2D eigenvalue weighted by atomic mass is 35.5. The number of nitrogens with one attached hydrogen (secondary N) is 1. The van der Waals surface area contributed by atoms with E-state index in [1.165, 1.54) is 5.54 Å². The molecule has 0 aliphatic rings. The van der Waals surface area contributed by atoms with Gasteiger partial charge in [0.05, 0.1) is 6.10 Å². The second-order valence-electron chi connectivity index (χ2n) is 3.47. The highest BCUT2D eigenvalue weighted by molar-refractivity contribution is 6.36. The van der Waals surface area contributed by atoms with Crippen LogP contribution in [0.25, 0.3) is 0 Å². The Morgan fingerprint density at radius 2 is 2.15 bits per heavy atom. The van der Waals surface area contributed by atoms with Crippen molar-refractivity contribution in [2.24, 2.45) is 5.92 Å². The number of aliphatic hydroxyl groups is 1. The van der Waals surface area contributed by atoms with Gasteiger partial charge in [0.2, 0.25) is 0 Å². The van der Waals surface area contributed by atoms with Gasteiger partial charge in [-0.15, -0.1) is 0 Å². The van der Waals surface area contributed by atoms with Gasteiger partial charge in [0.25, 0.3) is 0 Å². The van der Waals surface area contributed by atoms with Gasteiger partial charge in [0.15, 0.2) is 0 Å². The summed E-state index contributed by atoms with van der Waals surface area (Å²) in [6, 6.07) is 0. The topological polar surface area (TPSA) is 32.3 Å². The molecule has 78 valence electrons. The third-order valence-electron chi connectivity index (χ3n) is 1.54. The molecule has 2 N–H and O–H groups in total. The summed E-state index contributed by atoms with van der Waals surface area (Å²) >= 11 is 11.0. The predicted molar refractivity (Wildman–Crippen MR) is 58.1 cm³/mol. The van der Waals surface area contributed by atoms with Crippen LogP contribution >= 0.6 is 23.2 Å². The third kappa shape index (κ3) is 8.57. The summed E-state index contributed by atoms with van der Waals surface area (Å²) in [5.41, 5.74) is 1.32. The average Bonchev–Trinajstić information content (AvgIpc) is 2.02. The van der Waals surface area contributed by atoms with Crippen LogP contribution in [0.2, 0.25) is 0 Å². The molecule has 0 heterocycles. The molecule has 1 unspecified atom stereocenters.